The van der Waals surface area contributed by atoms with Gasteiger partial charge in [0.25, 0.3) is 5.69 Å². The highest BCUT2D eigenvalue weighted by molar-refractivity contribution is 5.86. The average molecular weight is 411 g/mol. The van der Waals surface area contributed by atoms with E-state index in [0.29, 0.717) is 17.9 Å². The van der Waals surface area contributed by atoms with Crippen molar-refractivity contribution in [2.75, 3.05) is 18.0 Å². The molecule has 1 aliphatic heterocycles. The van der Waals surface area contributed by atoms with Gasteiger partial charge in [0, 0.05) is 30.4 Å². The number of rotatable bonds is 5. The third kappa shape index (κ3) is 3.74. The molecule has 154 valence electrons. The lowest BCUT2D eigenvalue weighted by Crippen LogP contribution is -2.22. The number of halogens is 2. The van der Waals surface area contributed by atoms with Crippen molar-refractivity contribution in [2.24, 2.45) is 0 Å². The van der Waals surface area contributed by atoms with Gasteiger partial charge >= 0.3 is 0 Å². The second kappa shape index (κ2) is 8.33. The lowest BCUT2D eigenvalue weighted by Gasteiger charge is -2.25. The number of nitro benzene ring substituents is 1. The van der Waals surface area contributed by atoms with Gasteiger partial charge in [0.05, 0.1) is 22.6 Å². The minimum Gasteiger partial charge on any atom is -0.455 e. The molecule has 0 aliphatic carbocycles. The van der Waals surface area contributed by atoms with Crippen molar-refractivity contribution in [3.05, 3.63) is 75.0 Å². The van der Waals surface area contributed by atoms with Crippen molar-refractivity contribution >= 4 is 22.5 Å². The molecule has 1 heterocycles. The van der Waals surface area contributed by atoms with Crippen LogP contribution in [0.25, 0.3) is 11.1 Å². The molecule has 0 aromatic heterocycles. The SMILES string of the molecule is CCN(CC)c1ccc2c(c1)O/C(=C(\C#N)c1c(F)cc([N+](=O)[O-])cc1F)C=C2C. The smallest absolute Gasteiger partial charge is 0.275 e. The number of fused-ring (bicyclic) bond motifs is 1. The van der Waals surface area contributed by atoms with Crippen LogP contribution < -0.4 is 9.64 Å². The first-order valence-corrected chi connectivity index (χ1v) is 9.34. The topological polar surface area (TPSA) is 79.4 Å². The number of nitro groups is 1. The number of nitrogens with zero attached hydrogens (tertiary/aromatic N) is 3. The number of anilines is 1. The summed E-state index contributed by atoms with van der Waals surface area (Å²) in [7, 11) is 0. The third-order valence-electron chi connectivity index (χ3n) is 4.93. The Morgan fingerprint density at radius 3 is 2.37 bits per heavy atom. The van der Waals surface area contributed by atoms with Gasteiger partial charge in [-0.3, -0.25) is 10.1 Å². The molecule has 0 saturated carbocycles. The van der Waals surface area contributed by atoms with Crippen LogP contribution in [0.1, 0.15) is 31.9 Å². The predicted molar refractivity (Wildman–Crippen MR) is 110 cm³/mol. The Labute approximate surface area is 172 Å². The van der Waals surface area contributed by atoms with Crippen molar-refractivity contribution in [3.8, 4) is 11.8 Å². The Bertz CT molecular complexity index is 1110. The number of ether oxygens (including phenoxy) is 1. The summed E-state index contributed by atoms with van der Waals surface area (Å²) in [4.78, 5) is 12.0. The first-order chi connectivity index (χ1) is 14.3. The monoisotopic (exact) mass is 411 g/mol. The molecule has 30 heavy (non-hydrogen) atoms. The van der Waals surface area contributed by atoms with E-state index in [1.54, 1.807) is 13.0 Å². The largest absolute Gasteiger partial charge is 0.455 e. The van der Waals surface area contributed by atoms with Gasteiger partial charge in [-0.2, -0.15) is 5.26 Å². The lowest BCUT2D eigenvalue weighted by molar-refractivity contribution is -0.385. The predicted octanol–water partition coefficient (Wildman–Crippen LogP) is 5.45. The fourth-order valence-electron chi connectivity index (χ4n) is 3.39. The molecule has 0 amide bonds. The van der Waals surface area contributed by atoms with Gasteiger partial charge in [-0.15, -0.1) is 0 Å². The standard InChI is InChI=1S/C22H19F2N3O3/c1-4-26(5-2)14-6-7-16-13(3)8-20(30-21(16)11-14)17(12-25)22-18(23)9-15(27(28)29)10-19(22)24/h6-11H,4-5H2,1-3H3/b20-17+. The summed E-state index contributed by atoms with van der Waals surface area (Å²) in [5.41, 5.74) is 0.702. The van der Waals surface area contributed by atoms with Crippen LogP contribution in [-0.2, 0) is 0 Å². The van der Waals surface area contributed by atoms with Gasteiger partial charge in [-0.1, -0.05) is 0 Å². The Hall–Kier alpha value is -3.73. The maximum Gasteiger partial charge on any atom is 0.275 e. The zero-order chi connectivity index (χ0) is 22.0. The van der Waals surface area contributed by atoms with E-state index >= 15 is 0 Å². The van der Waals surface area contributed by atoms with Crippen molar-refractivity contribution in [1.82, 2.24) is 0 Å². The zero-order valence-corrected chi connectivity index (χ0v) is 16.7. The van der Waals surface area contributed by atoms with Crippen LogP contribution in [0, 0.1) is 33.1 Å². The van der Waals surface area contributed by atoms with Crippen LogP contribution in [0.4, 0.5) is 20.2 Å². The van der Waals surface area contributed by atoms with E-state index < -0.39 is 27.8 Å². The lowest BCUT2D eigenvalue weighted by atomic mass is 9.98. The summed E-state index contributed by atoms with van der Waals surface area (Å²) in [5.74, 6) is -1.97. The molecule has 0 bridgehead atoms. The van der Waals surface area contributed by atoms with Gasteiger partial charge in [0.2, 0.25) is 0 Å². The summed E-state index contributed by atoms with van der Waals surface area (Å²) < 4.78 is 34.9. The molecule has 8 heteroatoms. The van der Waals surface area contributed by atoms with Crippen LogP contribution >= 0.6 is 0 Å². The minimum atomic E-state index is -1.21. The molecular weight excluding hydrogens is 392 g/mol. The first kappa shape index (κ1) is 21.0. The van der Waals surface area contributed by atoms with Gasteiger partial charge in [-0.25, -0.2) is 8.78 Å². The Morgan fingerprint density at radius 1 is 1.20 bits per heavy atom. The third-order valence-corrected chi connectivity index (χ3v) is 4.93. The van der Waals surface area contributed by atoms with Gasteiger partial charge in [-0.05, 0) is 44.6 Å². The number of hydrogen-bond acceptors (Lipinski definition) is 5. The van der Waals surface area contributed by atoms with Crippen molar-refractivity contribution in [2.45, 2.75) is 20.8 Å². The number of non-ortho nitro benzene ring substituents is 1. The second-order valence-corrected chi connectivity index (χ2v) is 6.67. The molecule has 0 unspecified atom stereocenters. The summed E-state index contributed by atoms with van der Waals surface area (Å²) in [6.07, 6.45) is 1.53. The van der Waals surface area contributed by atoms with Gasteiger partial charge in [0.15, 0.2) is 0 Å². The van der Waals surface area contributed by atoms with Crippen LogP contribution in [0.2, 0.25) is 0 Å². The minimum absolute atomic E-state index is 0.0224. The van der Waals surface area contributed by atoms with Crippen molar-refractivity contribution in [3.63, 3.8) is 0 Å². The number of allylic oxidation sites excluding steroid dienone is 3. The summed E-state index contributed by atoms with van der Waals surface area (Å²) in [5, 5.41) is 20.5. The summed E-state index contributed by atoms with van der Waals surface area (Å²) in [6, 6.07) is 8.62. The molecule has 0 radical (unpaired) electrons. The highest BCUT2D eigenvalue weighted by atomic mass is 19.1. The molecular formula is C22H19F2N3O3. The van der Waals surface area contributed by atoms with Gasteiger partial charge < -0.3 is 9.64 Å². The first-order valence-electron chi connectivity index (χ1n) is 9.34. The molecule has 0 saturated heterocycles. The quantitative estimate of drug-likeness (QED) is 0.371. The van der Waals surface area contributed by atoms with E-state index in [1.807, 2.05) is 32.0 Å². The fourth-order valence-corrected chi connectivity index (χ4v) is 3.39. The van der Waals surface area contributed by atoms with E-state index in [-0.39, 0.29) is 11.3 Å². The number of nitriles is 1. The van der Waals surface area contributed by atoms with Gasteiger partial charge in [0.1, 0.15) is 34.8 Å². The van der Waals surface area contributed by atoms with Crippen molar-refractivity contribution in [1.29, 1.82) is 5.26 Å². The second-order valence-electron chi connectivity index (χ2n) is 6.67. The van der Waals surface area contributed by atoms with Crippen LogP contribution in [0.15, 0.2) is 42.2 Å². The maximum absolute atomic E-state index is 14.5. The Kier molecular flexibility index (Phi) is 5.83. The number of benzene rings is 2. The Balaban J connectivity index is 2.15. The van der Waals surface area contributed by atoms with E-state index in [9.17, 15) is 24.2 Å². The molecule has 2 aromatic carbocycles. The molecule has 6 nitrogen and oxygen atoms in total. The van der Waals surface area contributed by atoms with Crippen LogP contribution in [0.5, 0.6) is 5.75 Å². The van der Waals surface area contributed by atoms with E-state index in [1.165, 1.54) is 6.08 Å². The van der Waals surface area contributed by atoms with E-state index in [2.05, 4.69) is 4.90 Å². The molecule has 0 spiro atoms. The average Bonchev–Trinajstić information content (AvgIpc) is 2.71. The highest BCUT2D eigenvalue weighted by Crippen LogP contribution is 2.39. The highest BCUT2D eigenvalue weighted by Gasteiger charge is 2.25. The summed E-state index contributed by atoms with van der Waals surface area (Å²) >= 11 is 0. The van der Waals surface area contributed by atoms with Crippen LogP contribution in [-0.4, -0.2) is 18.0 Å². The molecule has 0 N–H and O–H groups in total. The molecule has 1 aliphatic rings. The van der Waals surface area contributed by atoms with E-state index in [4.69, 9.17) is 4.74 Å². The zero-order valence-electron chi connectivity index (χ0n) is 16.7. The molecule has 0 fully saturated rings. The normalized spacial score (nSPS) is 14.2. The van der Waals surface area contributed by atoms with Crippen molar-refractivity contribution < 1.29 is 18.4 Å². The van der Waals surface area contributed by atoms with E-state index in [0.717, 1.165) is 29.9 Å². The molecule has 3 rings (SSSR count). The maximum atomic E-state index is 14.5. The molecule has 2 aromatic rings. The fraction of sp³-hybridized carbons (Fsp3) is 0.227. The molecule has 0 atom stereocenters. The van der Waals surface area contributed by atoms with Crippen LogP contribution in [0.3, 0.4) is 0 Å². The number of hydrogen-bond donors (Lipinski definition) is 0. The summed E-state index contributed by atoms with van der Waals surface area (Å²) in [6.45, 7) is 7.42. The Morgan fingerprint density at radius 2 is 1.83 bits per heavy atom.